The highest BCUT2D eigenvalue weighted by molar-refractivity contribution is 7.14. The zero-order valence-corrected chi connectivity index (χ0v) is 22.1. The summed E-state index contributed by atoms with van der Waals surface area (Å²) in [7, 11) is 0. The standard InChI is InChI=1S/C29H23Cl2N3OS/c1-3-17(2)18-8-10-19(11-9-18)27-16-36-29(33-27)34-28(35)23-15-26(22-13-12-20(30)14-24(22)31)32-25-7-5-4-6-21(23)25/h4-17H,3H2,1-2H3,(H,33,34,35). The molecule has 3 aromatic carbocycles. The van der Waals surface area contributed by atoms with E-state index < -0.39 is 0 Å². The Bertz CT molecular complexity index is 1560. The number of aromatic nitrogens is 2. The third-order valence-corrected chi connectivity index (χ3v) is 7.59. The van der Waals surface area contributed by atoms with Gasteiger partial charge in [-0.05, 0) is 48.2 Å². The van der Waals surface area contributed by atoms with Gasteiger partial charge >= 0.3 is 0 Å². The maximum atomic E-state index is 13.4. The van der Waals surface area contributed by atoms with Crippen LogP contribution in [0, 0.1) is 0 Å². The maximum absolute atomic E-state index is 13.4. The molecule has 0 aliphatic rings. The fourth-order valence-electron chi connectivity index (χ4n) is 4.04. The summed E-state index contributed by atoms with van der Waals surface area (Å²) in [6.07, 6.45) is 1.10. The molecule has 0 spiro atoms. The number of amides is 1. The van der Waals surface area contributed by atoms with Crippen molar-refractivity contribution in [2.45, 2.75) is 26.2 Å². The number of rotatable bonds is 6. The number of nitrogens with zero attached hydrogens (tertiary/aromatic N) is 2. The molecule has 0 fully saturated rings. The molecule has 1 amide bonds. The second-order valence-corrected chi connectivity index (χ2v) is 10.3. The lowest BCUT2D eigenvalue weighted by Gasteiger charge is -2.11. The summed E-state index contributed by atoms with van der Waals surface area (Å²) >= 11 is 13.9. The number of nitrogens with one attached hydrogen (secondary N) is 1. The Morgan fingerprint density at radius 3 is 2.50 bits per heavy atom. The Hall–Kier alpha value is -3.25. The first-order valence-electron chi connectivity index (χ1n) is 11.7. The van der Waals surface area contributed by atoms with E-state index in [2.05, 4.69) is 48.4 Å². The van der Waals surface area contributed by atoms with E-state index in [-0.39, 0.29) is 5.91 Å². The lowest BCUT2D eigenvalue weighted by molar-refractivity contribution is 0.102. The van der Waals surface area contributed by atoms with Crippen molar-refractivity contribution in [1.29, 1.82) is 0 Å². The lowest BCUT2D eigenvalue weighted by Crippen LogP contribution is -2.13. The van der Waals surface area contributed by atoms with Gasteiger partial charge in [0.2, 0.25) is 0 Å². The van der Waals surface area contributed by atoms with E-state index in [1.807, 2.05) is 35.7 Å². The van der Waals surface area contributed by atoms with Crippen LogP contribution in [0.15, 0.2) is 78.2 Å². The van der Waals surface area contributed by atoms with Gasteiger partial charge in [-0.15, -0.1) is 11.3 Å². The number of para-hydroxylation sites is 1. The van der Waals surface area contributed by atoms with E-state index in [0.717, 1.165) is 23.1 Å². The third kappa shape index (κ3) is 5.00. The summed E-state index contributed by atoms with van der Waals surface area (Å²) in [6, 6.07) is 23.0. The second-order valence-electron chi connectivity index (χ2n) is 8.62. The Balaban J connectivity index is 1.45. The number of hydrogen-bond acceptors (Lipinski definition) is 4. The van der Waals surface area contributed by atoms with Crippen molar-refractivity contribution in [3.05, 3.63) is 99.3 Å². The molecule has 0 radical (unpaired) electrons. The van der Waals surface area contributed by atoms with E-state index in [1.165, 1.54) is 16.9 Å². The number of anilines is 1. The number of carbonyl (C=O) groups is 1. The summed E-state index contributed by atoms with van der Waals surface area (Å²) in [5, 5.41) is 7.22. The Morgan fingerprint density at radius 2 is 1.75 bits per heavy atom. The first-order valence-corrected chi connectivity index (χ1v) is 13.3. The van der Waals surface area contributed by atoms with E-state index in [4.69, 9.17) is 28.2 Å². The number of carbonyl (C=O) groups excluding carboxylic acids is 1. The molecule has 2 heterocycles. The SMILES string of the molecule is CCC(C)c1ccc(-c2csc(NC(=O)c3cc(-c4ccc(Cl)cc4Cl)nc4ccccc34)n2)cc1. The van der Waals surface area contributed by atoms with Crippen LogP contribution in [-0.2, 0) is 0 Å². The molecule has 36 heavy (non-hydrogen) atoms. The van der Waals surface area contributed by atoms with E-state index >= 15 is 0 Å². The van der Waals surface area contributed by atoms with Gasteiger partial charge in [-0.2, -0.15) is 0 Å². The molecule has 2 aromatic heterocycles. The average Bonchev–Trinajstić information content (AvgIpc) is 3.36. The smallest absolute Gasteiger partial charge is 0.258 e. The molecule has 1 N–H and O–H groups in total. The Morgan fingerprint density at radius 1 is 0.972 bits per heavy atom. The van der Waals surface area contributed by atoms with Crippen molar-refractivity contribution in [3.63, 3.8) is 0 Å². The molecule has 0 aliphatic carbocycles. The molecule has 5 aromatic rings. The van der Waals surface area contributed by atoms with E-state index in [0.29, 0.717) is 43.4 Å². The predicted molar refractivity (Wildman–Crippen MR) is 151 cm³/mol. The van der Waals surface area contributed by atoms with Gasteiger partial charge in [0.25, 0.3) is 5.91 Å². The highest BCUT2D eigenvalue weighted by atomic mass is 35.5. The first kappa shape index (κ1) is 24.4. The number of hydrogen-bond donors (Lipinski definition) is 1. The van der Waals surface area contributed by atoms with Crippen LogP contribution in [0.4, 0.5) is 5.13 Å². The number of thiazole rings is 1. The highest BCUT2D eigenvalue weighted by Crippen LogP contribution is 2.33. The monoisotopic (exact) mass is 531 g/mol. The van der Waals surface area contributed by atoms with Gasteiger partial charge in [0.15, 0.2) is 5.13 Å². The fraction of sp³-hybridized carbons (Fsp3) is 0.138. The van der Waals surface area contributed by atoms with Crippen LogP contribution in [0.2, 0.25) is 10.0 Å². The molecule has 0 saturated heterocycles. The van der Waals surface area contributed by atoms with Crippen LogP contribution in [0.3, 0.4) is 0 Å². The summed E-state index contributed by atoms with van der Waals surface area (Å²) < 4.78 is 0. The molecule has 0 aliphatic heterocycles. The van der Waals surface area contributed by atoms with Gasteiger partial charge in [-0.1, -0.05) is 79.5 Å². The molecule has 0 bridgehead atoms. The Kier molecular flexibility index (Phi) is 7.06. The number of benzene rings is 3. The molecule has 7 heteroatoms. The number of halogens is 2. The summed E-state index contributed by atoms with van der Waals surface area (Å²) in [5.74, 6) is 0.264. The zero-order chi connectivity index (χ0) is 25.2. The van der Waals surface area contributed by atoms with Crippen LogP contribution in [0.5, 0.6) is 0 Å². The van der Waals surface area contributed by atoms with Crippen LogP contribution >= 0.6 is 34.5 Å². The largest absolute Gasteiger partial charge is 0.298 e. The highest BCUT2D eigenvalue weighted by Gasteiger charge is 2.17. The summed E-state index contributed by atoms with van der Waals surface area (Å²) in [5.41, 5.74) is 5.67. The van der Waals surface area contributed by atoms with Gasteiger partial charge in [-0.25, -0.2) is 9.97 Å². The van der Waals surface area contributed by atoms with Crippen molar-refractivity contribution >= 4 is 56.5 Å². The minimum absolute atomic E-state index is 0.257. The normalized spacial score (nSPS) is 12.0. The van der Waals surface area contributed by atoms with Crippen molar-refractivity contribution in [2.75, 3.05) is 5.32 Å². The van der Waals surface area contributed by atoms with Crippen LogP contribution in [-0.4, -0.2) is 15.9 Å². The molecule has 4 nitrogen and oxygen atoms in total. The maximum Gasteiger partial charge on any atom is 0.258 e. The molecular formula is C29H23Cl2N3OS. The average molecular weight is 532 g/mol. The fourth-order valence-corrected chi connectivity index (χ4v) is 5.26. The van der Waals surface area contributed by atoms with Crippen LogP contribution in [0.25, 0.3) is 33.4 Å². The van der Waals surface area contributed by atoms with Crippen LogP contribution < -0.4 is 5.32 Å². The second kappa shape index (κ2) is 10.4. The summed E-state index contributed by atoms with van der Waals surface area (Å²) in [4.78, 5) is 22.8. The van der Waals surface area contributed by atoms with Crippen molar-refractivity contribution in [2.24, 2.45) is 0 Å². The first-order chi connectivity index (χ1) is 17.4. The van der Waals surface area contributed by atoms with Gasteiger partial charge in [0, 0.05) is 26.9 Å². The Labute approximate surface area is 224 Å². The van der Waals surface area contributed by atoms with Crippen molar-refractivity contribution in [3.8, 4) is 22.5 Å². The molecule has 1 unspecified atom stereocenters. The molecule has 5 rings (SSSR count). The third-order valence-electron chi connectivity index (χ3n) is 6.28. The number of fused-ring (bicyclic) bond motifs is 1. The van der Waals surface area contributed by atoms with Gasteiger partial charge in [0.05, 0.1) is 27.5 Å². The topological polar surface area (TPSA) is 54.9 Å². The van der Waals surface area contributed by atoms with Gasteiger partial charge in [0.1, 0.15) is 0 Å². The zero-order valence-electron chi connectivity index (χ0n) is 19.8. The molecule has 0 saturated carbocycles. The van der Waals surface area contributed by atoms with Crippen LogP contribution in [0.1, 0.15) is 42.1 Å². The summed E-state index contributed by atoms with van der Waals surface area (Å²) in [6.45, 7) is 4.41. The van der Waals surface area contributed by atoms with Gasteiger partial charge < -0.3 is 0 Å². The van der Waals surface area contributed by atoms with Gasteiger partial charge in [-0.3, -0.25) is 10.1 Å². The minimum Gasteiger partial charge on any atom is -0.298 e. The quantitative estimate of drug-likeness (QED) is 0.237. The number of pyridine rings is 1. The van der Waals surface area contributed by atoms with Crippen molar-refractivity contribution < 1.29 is 4.79 Å². The predicted octanol–water partition coefficient (Wildman–Crippen LogP) is 9.10. The van der Waals surface area contributed by atoms with E-state index in [1.54, 1.807) is 18.2 Å². The van der Waals surface area contributed by atoms with E-state index in [9.17, 15) is 4.79 Å². The molecule has 1 atom stereocenters. The molecular weight excluding hydrogens is 509 g/mol. The molecule has 180 valence electrons. The minimum atomic E-state index is -0.257. The van der Waals surface area contributed by atoms with Crippen molar-refractivity contribution in [1.82, 2.24) is 9.97 Å². The lowest BCUT2D eigenvalue weighted by atomic mass is 9.97.